The van der Waals surface area contributed by atoms with Crippen LogP contribution in [-0.4, -0.2) is 15.6 Å². The van der Waals surface area contributed by atoms with E-state index in [1.54, 1.807) is 12.1 Å². The van der Waals surface area contributed by atoms with Gasteiger partial charge in [-0.05, 0) is 35.9 Å². The number of amides is 1. The fraction of sp³-hybridized carbons (Fsp3) is 0.105. The number of rotatable bonds is 2. The molecule has 2 N–H and O–H groups in total. The lowest BCUT2D eigenvalue weighted by Gasteiger charge is -2.18. The first-order chi connectivity index (χ1) is 11.2. The summed E-state index contributed by atoms with van der Waals surface area (Å²) in [4.78, 5) is 12.7. The first kappa shape index (κ1) is 13.6. The first-order valence-electron chi connectivity index (χ1n) is 7.57. The smallest absolute Gasteiger partial charge is 0.247 e. The molecular formula is C19H16N2O2. The predicted molar refractivity (Wildman–Crippen MR) is 89.3 cm³/mol. The van der Waals surface area contributed by atoms with E-state index in [1.165, 1.54) is 0 Å². The van der Waals surface area contributed by atoms with Gasteiger partial charge in [-0.25, -0.2) is 0 Å². The molecule has 3 aromatic rings. The van der Waals surface area contributed by atoms with Crippen LogP contribution in [0.15, 0.2) is 66.9 Å². The zero-order valence-electron chi connectivity index (χ0n) is 12.4. The van der Waals surface area contributed by atoms with Crippen molar-refractivity contribution < 1.29 is 9.90 Å². The molecule has 1 atom stereocenters. The average molecular weight is 304 g/mol. The maximum absolute atomic E-state index is 12.7. The van der Waals surface area contributed by atoms with Crippen molar-refractivity contribution in [3.63, 3.8) is 0 Å². The second-order valence-corrected chi connectivity index (χ2v) is 5.72. The lowest BCUT2D eigenvalue weighted by atomic mass is 10.0. The number of carbonyl (C=O) groups is 1. The molecule has 0 bridgehead atoms. The highest BCUT2D eigenvalue weighted by atomic mass is 16.3. The number of nitrogens with zero attached hydrogens (tertiary/aromatic N) is 1. The van der Waals surface area contributed by atoms with E-state index in [0.29, 0.717) is 6.42 Å². The molecule has 1 aliphatic rings. The molecule has 23 heavy (non-hydrogen) atoms. The van der Waals surface area contributed by atoms with Gasteiger partial charge in [-0.1, -0.05) is 30.3 Å². The number of phenols is 1. The molecule has 114 valence electrons. The van der Waals surface area contributed by atoms with E-state index in [1.807, 2.05) is 59.3 Å². The third-order valence-electron chi connectivity index (χ3n) is 4.24. The molecule has 1 aliphatic heterocycles. The van der Waals surface area contributed by atoms with E-state index < -0.39 is 0 Å². The van der Waals surface area contributed by atoms with Crippen LogP contribution in [0, 0.1) is 0 Å². The Morgan fingerprint density at radius 1 is 1.00 bits per heavy atom. The normalized spacial score (nSPS) is 16.2. The lowest BCUT2D eigenvalue weighted by Crippen LogP contribution is -2.25. The van der Waals surface area contributed by atoms with Gasteiger partial charge < -0.3 is 15.0 Å². The van der Waals surface area contributed by atoms with E-state index in [2.05, 4.69) is 5.32 Å². The van der Waals surface area contributed by atoms with Crippen LogP contribution in [0.5, 0.6) is 5.75 Å². The number of carbonyl (C=O) groups excluding carboxylic acids is 1. The summed E-state index contributed by atoms with van der Waals surface area (Å²) in [5, 5.41) is 12.4. The Bertz CT molecular complexity index is 865. The summed E-state index contributed by atoms with van der Waals surface area (Å²) in [6, 6.07) is 18.5. The van der Waals surface area contributed by atoms with Gasteiger partial charge in [-0.3, -0.25) is 4.79 Å². The number of anilines is 1. The summed E-state index contributed by atoms with van der Waals surface area (Å²) in [7, 11) is 0. The lowest BCUT2D eigenvalue weighted by molar-refractivity contribution is -0.119. The molecule has 2 heterocycles. The minimum Gasteiger partial charge on any atom is -0.508 e. The van der Waals surface area contributed by atoms with Gasteiger partial charge in [0.15, 0.2) is 0 Å². The maximum atomic E-state index is 12.7. The average Bonchev–Trinajstić information content (AvgIpc) is 3.00. The van der Waals surface area contributed by atoms with Crippen molar-refractivity contribution in [3.8, 4) is 17.0 Å². The Morgan fingerprint density at radius 2 is 1.78 bits per heavy atom. The molecule has 0 aliphatic carbocycles. The summed E-state index contributed by atoms with van der Waals surface area (Å²) in [5.74, 6) is 0.202. The number of aromatic nitrogens is 1. The second kappa shape index (κ2) is 5.32. The number of fused-ring (bicyclic) bond motifs is 3. The number of phenolic OH excluding ortho intramolecular Hbond substituents is 1. The predicted octanol–water partition coefficient (Wildman–Crippen LogP) is 3.60. The molecule has 4 nitrogen and oxygen atoms in total. The second-order valence-electron chi connectivity index (χ2n) is 5.72. The van der Waals surface area contributed by atoms with Crippen LogP contribution in [-0.2, 0) is 11.2 Å². The number of para-hydroxylation sites is 1. The third-order valence-corrected chi connectivity index (χ3v) is 4.24. The van der Waals surface area contributed by atoms with Gasteiger partial charge in [-0.15, -0.1) is 0 Å². The van der Waals surface area contributed by atoms with Crippen LogP contribution in [0.4, 0.5) is 5.69 Å². The van der Waals surface area contributed by atoms with E-state index in [-0.39, 0.29) is 17.7 Å². The zero-order valence-corrected chi connectivity index (χ0v) is 12.4. The fourth-order valence-electron chi connectivity index (χ4n) is 3.10. The topological polar surface area (TPSA) is 54.3 Å². The summed E-state index contributed by atoms with van der Waals surface area (Å²) in [6.45, 7) is 0. The Balaban J connectivity index is 1.77. The SMILES string of the molecule is O=C1Nc2ccccc2-c2cccn2[C@H]1Cc1ccc(O)cc1. The van der Waals surface area contributed by atoms with Crippen LogP contribution in [0.3, 0.4) is 0 Å². The Labute approximate surface area is 134 Å². The molecule has 0 saturated carbocycles. The molecule has 1 amide bonds. The number of hydrogen-bond donors (Lipinski definition) is 2. The van der Waals surface area contributed by atoms with Crippen molar-refractivity contribution in [2.24, 2.45) is 0 Å². The van der Waals surface area contributed by atoms with Crippen molar-refractivity contribution in [1.82, 2.24) is 4.57 Å². The highest BCUT2D eigenvalue weighted by molar-refractivity contribution is 5.99. The van der Waals surface area contributed by atoms with Gasteiger partial charge in [0.05, 0.1) is 11.4 Å². The van der Waals surface area contributed by atoms with Gasteiger partial charge in [0.2, 0.25) is 5.91 Å². The zero-order chi connectivity index (χ0) is 15.8. The van der Waals surface area contributed by atoms with Crippen molar-refractivity contribution >= 4 is 11.6 Å². The van der Waals surface area contributed by atoms with Crippen LogP contribution >= 0.6 is 0 Å². The summed E-state index contributed by atoms with van der Waals surface area (Å²) < 4.78 is 2.02. The highest BCUT2D eigenvalue weighted by Crippen LogP contribution is 2.35. The maximum Gasteiger partial charge on any atom is 0.247 e. The van der Waals surface area contributed by atoms with Crippen molar-refractivity contribution in [1.29, 1.82) is 0 Å². The molecule has 0 saturated heterocycles. The first-order valence-corrected chi connectivity index (χ1v) is 7.57. The minimum atomic E-state index is -0.322. The molecule has 1 aromatic heterocycles. The minimum absolute atomic E-state index is 0.0273. The number of nitrogens with one attached hydrogen (secondary N) is 1. The Hall–Kier alpha value is -3.01. The van der Waals surface area contributed by atoms with Crippen LogP contribution < -0.4 is 5.32 Å². The van der Waals surface area contributed by atoms with Gasteiger partial charge in [0.1, 0.15) is 11.8 Å². The summed E-state index contributed by atoms with van der Waals surface area (Å²) in [5.41, 5.74) is 3.90. The quantitative estimate of drug-likeness (QED) is 0.760. The van der Waals surface area contributed by atoms with E-state index >= 15 is 0 Å². The van der Waals surface area contributed by atoms with Gasteiger partial charge in [0.25, 0.3) is 0 Å². The Morgan fingerprint density at radius 3 is 2.61 bits per heavy atom. The summed E-state index contributed by atoms with van der Waals surface area (Å²) in [6.07, 6.45) is 2.52. The van der Waals surface area contributed by atoms with Gasteiger partial charge >= 0.3 is 0 Å². The summed E-state index contributed by atoms with van der Waals surface area (Å²) >= 11 is 0. The van der Waals surface area contributed by atoms with E-state index in [4.69, 9.17) is 0 Å². The fourth-order valence-corrected chi connectivity index (χ4v) is 3.10. The third kappa shape index (κ3) is 2.38. The molecule has 0 radical (unpaired) electrons. The standard InChI is InChI=1S/C19H16N2O2/c22-14-9-7-13(8-10-14)12-18-19(23)20-16-5-2-1-4-15(16)17-6-3-11-21(17)18/h1-11,18,22H,12H2,(H,20,23)/t18-/m0/s1. The van der Waals surface area contributed by atoms with Crippen molar-refractivity contribution in [3.05, 3.63) is 72.4 Å². The molecule has 4 rings (SSSR count). The molecule has 2 aromatic carbocycles. The van der Waals surface area contributed by atoms with E-state index in [0.717, 1.165) is 22.5 Å². The van der Waals surface area contributed by atoms with E-state index in [9.17, 15) is 9.90 Å². The molecule has 4 heteroatoms. The molecule has 0 fully saturated rings. The van der Waals surface area contributed by atoms with Crippen LogP contribution in [0.1, 0.15) is 11.6 Å². The monoisotopic (exact) mass is 304 g/mol. The van der Waals surface area contributed by atoms with Crippen LogP contribution in [0.2, 0.25) is 0 Å². The van der Waals surface area contributed by atoms with Gasteiger partial charge in [0, 0.05) is 18.2 Å². The molecular weight excluding hydrogens is 288 g/mol. The highest BCUT2D eigenvalue weighted by Gasteiger charge is 2.27. The van der Waals surface area contributed by atoms with Crippen molar-refractivity contribution in [2.45, 2.75) is 12.5 Å². The largest absolute Gasteiger partial charge is 0.508 e. The van der Waals surface area contributed by atoms with Crippen molar-refractivity contribution in [2.75, 3.05) is 5.32 Å². The number of aromatic hydroxyl groups is 1. The van der Waals surface area contributed by atoms with Gasteiger partial charge in [-0.2, -0.15) is 0 Å². The van der Waals surface area contributed by atoms with Crippen LogP contribution in [0.25, 0.3) is 11.3 Å². The molecule has 0 spiro atoms. The Kier molecular flexibility index (Phi) is 3.15. The number of benzene rings is 2. The molecule has 0 unspecified atom stereocenters. The number of hydrogen-bond acceptors (Lipinski definition) is 2.